The number of aryl methyl sites for hydroxylation is 2. The molecule has 1 saturated heterocycles. The van der Waals surface area contributed by atoms with Crippen LogP contribution in [0.1, 0.15) is 41.0 Å². The molecule has 5 heteroatoms. The van der Waals surface area contributed by atoms with Crippen LogP contribution in [0.4, 0.5) is 5.69 Å². The molecule has 0 bridgehead atoms. The molecule has 0 aliphatic carbocycles. The van der Waals surface area contributed by atoms with Crippen molar-refractivity contribution in [1.82, 2.24) is 10.3 Å². The van der Waals surface area contributed by atoms with E-state index in [0.29, 0.717) is 17.3 Å². The summed E-state index contributed by atoms with van der Waals surface area (Å²) in [6.45, 7) is 5.68. The summed E-state index contributed by atoms with van der Waals surface area (Å²) >= 11 is 0. The van der Waals surface area contributed by atoms with Crippen LogP contribution >= 0.6 is 0 Å². The first-order valence-electron chi connectivity index (χ1n) is 6.83. The third-order valence-electron chi connectivity index (χ3n) is 3.55. The predicted molar refractivity (Wildman–Crippen MR) is 76.4 cm³/mol. The second-order valence-electron chi connectivity index (χ2n) is 5.14. The van der Waals surface area contributed by atoms with E-state index in [4.69, 9.17) is 5.73 Å². The lowest BCUT2D eigenvalue weighted by Crippen LogP contribution is -2.25. The zero-order valence-electron chi connectivity index (χ0n) is 11.6. The Kier molecular flexibility index (Phi) is 4.37. The van der Waals surface area contributed by atoms with Crippen LogP contribution in [-0.2, 0) is 0 Å². The number of amides is 1. The molecule has 0 saturated carbocycles. The third kappa shape index (κ3) is 3.44. The molecule has 2 heterocycles. The van der Waals surface area contributed by atoms with Crippen molar-refractivity contribution in [3.8, 4) is 0 Å². The molecule has 0 spiro atoms. The third-order valence-corrected chi connectivity index (χ3v) is 3.55. The Hall–Kier alpha value is -1.62. The van der Waals surface area contributed by atoms with Gasteiger partial charge in [-0.1, -0.05) is 0 Å². The smallest absolute Gasteiger partial charge is 0.252 e. The van der Waals surface area contributed by atoms with Crippen LogP contribution in [0.2, 0.25) is 0 Å². The lowest BCUT2D eigenvalue weighted by Gasteiger charge is -2.15. The van der Waals surface area contributed by atoms with Crippen LogP contribution in [0.15, 0.2) is 6.07 Å². The van der Waals surface area contributed by atoms with E-state index < -0.39 is 5.91 Å². The second kappa shape index (κ2) is 6.02. The quantitative estimate of drug-likeness (QED) is 0.748. The number of nitrogens with zero attached hydrogens (tertiary/aromatic N) is 1. The number of aromatic nitrogens is 1. The van der Waals surface area contributed by atoms with E-state index in [1.54, 1.807) is 0 Å². The molecular formula is C14H22N4O. The first-order valence-corrected chi connectivity index (χ1v) is 6.83. The summed E-state index contributed by atoms with van der Waals surface area (Å²) in [6, 6.07) is 2.48. The zero-order chi connectivity index (χ0) is 13.8. The van der Waals surface area contributed by atoms with Crippen LogP contribution in [-0.4, -0.2) is 30.0 Å². The molecule has 1 fully saturated rings. The van der Waals surface area contributed by atoms with Gasteiger partial charge < -0.3 is 16.4 Å². The minimum Gasteiger partial charge on any atom is -0.384 e. The normalized spacial score (nSPS) is 18.5. The van der Waals surface area contributed by atoms with E-state index in [1.165, 1.54) is 12.8 Å². The Morgan fingerprint density at radius 3 is 3.00 bits per heavy atom. The molecule has 5 nitrogen and oxygen atoms in total. The zero-order valence-corrected chi connectivity index (χ0v) is 11.6. The number of nitrogens with one attached hydrogen (secondary N) is 2. The highest BCUT2D eigenvalue weighted by Gasteiger charge is 2.16. The van der Waals surface area contributed by atoms with Gasteiger partial charge in [-0.25, -0.2) is 0 Å². The fraction of sp³-hybridized carbons (Fsp3) is 0.571. The van der Waals surface area contributed by atoms with Gasteiger partial charge in [0.2, 0.25) is 0 Å². The minimum absolute atomic E-state index is 0.425. The monoisotopic (exact) mass is 262 g/mol. The molecule has 1 atom stereocenters. The van der Waals surface area contributed by atoms with Crippen LogP contribution < -0.4 is 16.4 Å². The lowest BCUT2D eigenvalue weighted by atomic mass is 10.1. The number of nitrogens with two attached hydrogens (primary N) is 1. The minimum atomic E-state index is -0.425. The molecule has 19 heavy (non-hydrogen) atoms. The standard InChI is InChI=1S/C14H22N4O/c1-9-8-12(13(14(15)19)10(2)18-9)17-7-5-11-4-3-6-16-11/h8,11,16H,3-7H2,1-2H3,(H2,15,19)(H,17,18)/t11-/m0/s1. The Bertz CT molecular complexity index is 467. The largest absolute Gasteiger partial charge is 0.384 e. The van der Waals surface area contributed by atoms with Gasteiger partial charge in [-0.3, -0.25) is 9.78 Å². The Balaban J connectivity index is 2.03. The molecular weight excluding hydrogens is 240 g/mol. The molecule has 0 radical (unpaired) electrons. The summed E-state index contributed by atoms with van der Waals surface area (Å²) < 4.78 is 0. The van der Waals surface area contributed by atoms with Crippen molar-refractivity contribution in [1.29, 1.82) is 0 Å². The molecule has 1 aliphatic heterocycles. The number of carbonyl (C=O) groups is 1. The van der Waals surface area contributed by atoms with Crippen molar-refractivity contribution in [3.05, 3.63) is 23.0 Å². The van der Waals surface area contributed by atoms with Crippen LogP contribution in [0.3, 0.4) is 0 Å². The second-order valence-corrected chi connectivity index (χ2v) is 5.14. The molecule has 1 aromatic heterocycles. The highest BCUT2D eigenvalue weighted by molar-refractivity contribution is 5.99. The topological polar surface area (TPSA) is 80.0 Å². The number of primary amides is 1. The molecule has 0 aromatic carbocycles. The Labute approximate surface area is 114 Å². The van der Waals surface area contributed by atoms with Gasteiger partial charge in [0, 0.05) is 18.3 Å². The highest BCUT2D eigenvalue weighted by Crippen LogP contribution is 2.19. The summed E-state index contributed by atoms with van der Waals surface area (Å²) in [7, 11) is 0. The van der Waals surface area contributed by atoms with Crippen LogP contribution in [0.5, 0.6) is 0 Å². The summed E-state index contributed by atoms with van der Waals surface area (Å²) in [5.41, 5.74) is 8.32. The average molecular weight is 262 g/mol. The number of hydrogen-bond donors (Lipinski definition) is 3. The van der Waals surface area contributed by atoms with E-state index in [9.17, 15) is 4.79 Å². The summed E-state index contributed by atoms with van der Waals surface area (Å²) in [6.07, 6.45) is 3.54. The van der Waals surface area contributed by atoms with Crippen molar-refractivity contribution in [3.63, 3.8) is 0 Å². The Morgan fingerprint density at radius 1 is 1.58 bits per heavy atom. The van der Waals surface area contributed by atoms with Gasteiger partial charge >= 0.3 is 0 Å². The molecule has 4 N–H and O–H groups in total. The maximum absolute atomic E-state index is 11.5. The van der Waals surface area contributed by atoms with Gasteiger partial charge in [0.1, 0.15) is 0 Å². The number of anilines is 1. The first kappa shape index (κ1) is 13.8. The SMILES string of the molecule is Cc1cc(NCC[C@@H]2CCCN2)c(C(N)=O)c(C)n1. The summed E-state index contributed by atoms with van der Waals surface area (Å²) in [5, 5.41) is 6.78. The Morgan fingerprint density at radius 2 is 2.37 bits per heavy atom. The number of rotatable bonds is 5. The van der Waals surface area contributed by atoms with Crippen molar-refractivity contribution in [2.75, 3.05) is 18.4 Å². The van der Waals surface area contributed by atoms with Gasteiger partial charge in [0.25, 0.3) is 5.91 Å². The molecule has 0 unspecified atom stereocenters. The highest BCUT2D eigenvalue weighted by atomic mass is 16.1. The van der Waals surface area contributed by atoms with Crippen molar-refractivity contribution in [2.24, 2.45) is 5.73 Å². The van der Waals surface area contributed by atoms with Gasteiger partial charge in [0.05, 0.1) is 16.9 Å². The van der Waals surface area contributed by atoms with Gasteiger partial charge in [-0.15, -0.1) is 0 Å². The van der Waals surface area contributed by atoms with E-state index >= 15 is 0 Å². The molecule has 1 aliphatic rings. The van der Waals surface area contributed by atoms with Crippen LogP contribution in [0, 0.1) is 13.8 Å². The first-order chi connectivity index (χ1) is 9.08. The lowest BCUT2D eigenvalue weighted by molar-refractivity contribution is 0.1000. The molecule has 1 amide bonds. The summed E-state index contributed by atoms with van der Waals surface area (Å²) in [5.74, 6) is -0.425. The van der Waals surface area contributed by atoms with Crippen molar-refractivity contribution < 1.29 is 4.79 Å². The predicted octanol–water partition coefficient (Wildman–Crippen LogP) is 1.35. The fourth-order valence-electron chi connectivity index (χ4n) is 2.66. The van der Waals surface area contributed by atoms with Crippen LogP contribution in [0.25, 0.3) is 0 Å². The fourth-order valence-corrected chi connectivity index (χ4v) is 2.66. The van der Waals surface area contributed by atoms with Gasteiger partial charge in [-0.05, 0) is 45.7 Å². The van der Waals surface area contributed by atoms with E-state index in [1.807, 2.05) is 19.9 Å². The average Bonchev–Trinajstić information content (AvgIpc) is 2.80. The number of pyridine rings is 1. The molecule has 2 rings (SSSR count). The number of carbonyl (C=O) groups excluding carboxylic acids is 1. The molecule has 1 aromatic rings. The maximum atomic E-state index is 11.5. The summed E-state index contributed by atoms with van der Waals surface area (Å²) in [4.78, 5) is 15.8. The maximum Gasteiger partial charge on any atom is 0.252 e. The number of hydrogen-bond acceptors (Lipinski definition) is 4. The van der Waals surface area contributed by atoms with Crippen molar-refractivity contribution >= 4 is 11.6 Å². The van der Waals surface area contributed by atoms with Crippen molar-refractivity contribution in [2.45, 2.75) is 39.2 Å². The van der Waals surface area contributed by atoms with Gasteiger partial charge in [-0.2, -0.15) is 0 Å². The van der Waals surface area contributed by atoms with E-state index in [2.05, 4.69) is 15.6 Å². The van der Waals surface area contributed by atoms with Gasteiger partial charge in [0.15, 0.2) is 0 Å². The van der Waals surface area contributed by atoms with E-state index in [0.717, 1.165) is 30.9 Å². The van der Waals surface area contributed by atoms with E-state index in [-0.39, 0.29) is 0 Å². The molecule has 104 valence electrons.